The highest BCUT2D eigenvalue weighted by Gasteiger charge is 2.03. The quantitative estimate of drug-likeness (QED) is 0.848. The van der Waals surface area contributed by atoms with Crippen LogP contribution in [0.15, 0.2) is 18.2 Å². The number of aryl methyl sites for hydroxylation is 1. The summed E-state index contributed by atoms with van der Waals surface area (Å²) in [7, 11) is 0. The number of carbonyl (C=O) groups is 1. The summed E-state index contributed by atoms with van der Waals surface area (Å²) in [6.07, 6.45) is 0. The molecule has 17 heavy (non-hydrogen) atoms. The Morgan fingerprint density at radius 2 is 2.12 bits per heavy atom. The first-order valence-electron chi connectivity index (χ1n) is 5.75. The van der Waals surface area contributed by atoms with Gasteiger partial charge in [-0.3, -0.25) is 4.79 Å². The lowest BCUT2D eigenvalue weighted by atomic mass is 10.2. The molecule has 0 aliphatic rings. The maximum Gasteiger partial charge on any atom is 0.239 e. The third-order valence-corrected chi connectivity index (χ3v) is 2.57. The van der Waals surface area contributed by atoms with Gasteiger partial charge in [0.2, 0.25) is 5.91 Å². The average molecular weight is 255 g/mol. The maximum absolute atomic E-state index is 11.5. The summed E-state index contributed by atoms with van der Waals surface area (Å²) >= 11 is 5.86. The molecule has 3 nitrogen and oxygen atoms in total. The van der Waals surface area contributed by atoms with Gasteiger partial charge in [-0.1, -0.05) is 25.4 Å². The van der Waals surface area contributed by atoms with E-state index in [0.29, 0.717) is 17.5 Å². The first kappa shape index (κ1) is 13.8. The SMILES string of the molecule is Cc1cc(Cl)ccc1NCC(=O)NCC(C)C. The minimum absolute atomic E-state index is 0.00745. The number of anilines is 1. The second kappa shape index (κ2) is 6.50. The van der Waals surface area contributed by atoms with E-state index in [1.165, 1.54) is 0 Å². The molecule has 0 bridgehead atoms. The second-order valence-corrected chi connectivity index (χ2v) is 4.95. The third kappa shape index (κ3) is 5.09. The number of rotatable bonds is 5. The highest BCUT2D eigenvalue weighted by atomic mass is 35.5. The largest absolute Gasteiger partial charge is 0.376 e. The van der Waals surface area contributed by atoms with Gasteiger partial charge in [0.1, 0.15) is 0 Å². The van der Waals surface area contributed by atoms with Gasteiger partial charge in [-0.05, 0) is 36.6 Å². The summed E-state index contributed by atoms with van der Waals surface area (Å²) in [6.45, 7) is 7.09. The predicted molar refractivity (Wildman–Crippen MR) is 72.5 cm³/mol. The molecule has 0 radical (unpaired) electrons. The molecule has 4 heteroatoms. The Kier molecular flexibility index (Phi) is 5.29. The molecule has 1 aromatic carbocycles. The molecule has 0 fully saturated rings. The van der Waals surface area contributed by atoms with Gasteiger partial charge in [0.05, 0.1) is 6.54 Å². The van der Waals surface area contributed by atoms with Crippen molar-refractivity contribution in [2.75, 3.05) is 18.4 Å². The van der Waals surface area contributed by atoms with Crippen molar-refractivity contribution < 1.29 is 4.79 Å². The van der Waals surface area contributed by atoms with Gasteiger partial charge in [0, 0.05) is 17.3 Å². The number of halogens is 1. The maximum atomic E-state index is 11.5. The lowest BCUT2D eigenvalue weighted by Crippen LogP contribution is -2.32. The molecule has 0 saturated heterocycles. The van der Waals surface area contributed by atoms with Crippen molar-refractivity contribution in [2.24, 2.45) is 5.92 Å². The number of carbonyl (C=O) groups excluding carboxylic acids is 1. The monoisotopic (exact) mass is 254 g/mol. The lowest BCUT2D eigenvalue weighted by molar-refractivity contribution is -0.119. The summed E-state index contributed by atoms with van der Waals surface area (Å²) in [6, 6.07) is 5.56. The van der Waals surface area contributed by atoms with Gasteiger partial charge >= 0.3 is 0 Å². The van der Waals surface area contributed by atoms with E-state index in [1.807, 2.05) is 25.1 Å². The highest BCUT2D eigenvalue weighted by Crippen LogP contribution is 2.19. The van der Waals surface area contributed by atoms with E-state index >= 15 is 0 Å². The molecule has 0 aromatic heterocycles. The normalized spacial score (nSPS) is 10.4. The Morgan fingerprint density at radius 1 is 1.41 bits per heavy atom. The van der Waals surface area contributed by atoms with E-state index < -0.39 is 0 Å². The van der Waals surface area contributed by atoms with Crippen LogP contribution in [0.3, 0.4) is 0 Å². The standard InChI is InChI=1S/C13H19ClN2O/c1-9(2)7-16-13(17)8-15-12-5-4-11(14)6-10(12)3/h4-6,9,15H,7-8H2,1-3H3,(H,16,17). The first-order chi connectivity index (χ1) is 7.99. The van der Waals surface area contributed by atoms with Gasteiger partial charge in [-0.2, -0.15) is 0 Å². The molecule has 0 aliphatic carbocycles. The van der Waals surface area contributed by atoms with E-state index in [1.54, 1.807) is 0 Å². The van der Waals surface area contributed by atoms with Crippen LogP contribution < -0.4 is 10.6 Å². The number of hydrogen-bond donors (Lipinski definition) is 2. The van der Waals surface area contributed by atoms with Crippen LogP contribution >= 0.6 is 11.6 Å². The predicted octanol–water partition coefficient (Wildman–Crippen LogP) is 2.83. The molecule has 1 amide bonds. The molecule has 0 atom stereocenters. The highest BCUT2D eigenvalue weighted by molar-refractivity contribution is 6.30. The zero-order valence-corrected chi connectivity index (χ0v) is 11.3. The van der Waals surface area contributed by atoms with Crippen LogP contribution in [0.5, 0.6) is 0 Å². The molecule has 0 aliphatic heterocycles. The number of hydrogen-bond acceptors (Lipinski definition) is 2. The van der Waals surface area contributed by atoms with Crippen LogP contribution in [-0.4, -0.2) is 19.0 Å². The van der Waals surface area contributed by atoms with Crippen LogP contribution in [0.25, 0.3) is 0 Å². The summed E-state index contributed by atoms with van der Waals surface area (Å²) in [5, 5.41) is 6.65. The Morgan fingerprint density at radius 3 is 2.71 bits per heavy atom. The Labute approximate surface area is 108 Å². The fourth-order valence-corrected chi connectivity index (χ4v) is 1.61. The van der Waals surface area contributed by atoms with Gasteiger partial charge in [-0.15, -0.1) is 0 Å². The average Bonchev–Trinajstić information content (AvgIpc) is 2.25. The van der Waals surface area contributed by atoms with Crippen molar-refractivity contribution in [3.8, 4) is 0 Å². The van der Waals surface area contributed by atoms with E-state index in [9.17, 15) is 4.79 Å². The molecule has 0 spiro atoms. The minimum Gasteiger partial charge on any atom is -0.376 e. The summed E-state index contributed by atoms with van der Waals surface area (Å²) < 4.78 is 0. The molecule has 94 valence electrons. The van der Waals surface area contributed by atoms with Crippen molar-refractivity contribution in [2.45, 2.75) is 20.8 Å². The third-order valence-electron chi connectivity index (χ3n) is 2.34. The van der Waals surface area contributed by atoms with Crippen molar-refractivity contribution in [1.82, 2.24) is 5.32 Å². The van der Waals surface area contributed by atoms with E-state index in [0.717, 1.165) is 11.3 Å². The van der Waals surface area contributed by atoms with Crippen molar-refractivity contribution in [3.05, 3.63) is 28.8 Å². The minimum atomic E-state index is 0.00745. The lowest BCUT2D eigenvalue weighted by Gasteiger charge is -2.11. The van der Waals surface area contributed by atoms with E-state index in [2.05, 4.69) is 24.5 Å². The Hall–Kier alpha value is -1.22. The van der Waals surface area contributed by atoms with E-state index in [-0.39, 0.29) is 12.5 Å². The molecular weight excluding hydrogens is 236 g/mol. The van der Waals surface area contributed by atoms with Crippen molar-refractivity contribution >= 4 is 23.2 Å². The van der Waals surface area contributed by atoms with Crippen LogP contribution in [0.2, 0.25) is 5.02 Å². The van der Waals surface area contributed by atoms with Gasteiger partial charge in [0.25, 0.3) is 0 Å². The zero-order chi connectivity index (χ0) is 12.8. The fourth-order valence-electron chi connectivity index (χ4n) is 1.38. The smallest absolute Gasteiger partial charge is 0.239 e. The molecular formula is C13H19ClN2O. The molecule has 2 N–H and O–H groups in total. The first-order valence-corrected chi connectivity index (χ1v) is 6.13. The molecule has 1 rings (SSSR count). The Bertz CT molecular complexity index is 391. The van der Waals surface area contributed by atoms with Gasteiger partial charge in [-0.25, -0.2) is 0 Å². The fraction of sp³-hybridized carbons (Fsp3) is 0.462. The van der Waals surface area contributed by atoms with E-state index in [4.69, 9.17) is 11.6 Å². The summed E-state index contributed by atoms with van der Waals surface area (Å²) in [5.41, 5.74) is 1.98. The Balaban J connectivity index is 2.42. The van der Waals surface area contributed by atoms with Gasteiger partial charge < -0.3 is 10.6 Å². The number of amides is 1. The van der Waals surface area contributed by atoms with Crippen molar-refractivity contribution in [3.63, 3.8) is 0 Å². The summed E-state index contributed by atoms with van der Waals surface area (Å²) in [4.78, 5) is 11.5. The van der Waals surface area contributed by atoms with Crippen LogP contribution in [0, 0.1) is 12.8 Å². The molecule has 0 saturated carbocycles. The van der Waals surface area contributed by atoms with Crippen molar-refractivity contribution in [1.29, 1.82) is 0 Å². The molecule has 0 unspecified atom stereocenters. The topological polar surface area (TPSA) is 41.1 Å². The van der Waals surface area contributed by atoms with Crippen LogP contribution in [0.1, 0.15) is 19.4 Å². The molecule has 1 aromatic rings. The molecule has 0 heterocycles. The van der Waals surface area contributed by atoms with Gasteiger partial charge in [0.15, 0.2) is 0 Å². The zero-order valence-electron chi connectivity index (χ0n) is 10.5. The van der Waals surface area contributed by atoms with Crippen LogP contribution in [0.4, 0.5) is 5.69 Å². The second-order valence-electron chi connectivity index (χ2n) is 4.51. The summed E-state index contributed by atoms with van der Waals surface area (Å²) in [5.74, 6) is 0.476. The number of benzene rings is 1. The number of nitrogens with one attached hydrogen (secondary N) is 2. The van der Waals surface area contributed by atoms with Crippen LogP contribution in [-0.2, 0) is 4.79 Å².